The van der Waals surface area contributed by atoms with E-state index in [4.69, 9.17) is 9.47 Å². The molecule has 9 nitrogen and oxygen atoms in total. The molecular weight excluding hydrogens is 586 g/mol. The molecule has 39 heavy (non-hydrogen) atoms. The molecule has 2 bridgehead atoms. The van der Waals surface area contributed by atoms with E-state index in [1.165, 1.54) is 0 Å². The molecule has 0 aromatic carbocycles. The second kappa shape index (κ2) is 14.0. The molecule has 4 aliphatic rings. The van der Waals surface area contributed by atoms with Crippen LogP contribution in [0.2, 0.25) is 0 Å². The number of thioether (sulfide) groups is 1. The predicted molar refractivity (Wildman–Crippen MR) is 155 cm³/mol. The maximum absolute atomic E-state index is 14.4. The van der Waals surface area contributed by atoms with Crippen LogP contribution in [0.4, 0.5) is 0 Å². The van der Waals surface area contributed by atoms with Gasteiger partial charge in [0.15, 0.2) is 0 Å². The van der Waals surface area contributed by atoms with E-state index < -0.39 is 22.6 Å². The molecule has 0 aromatic heterocycles. The minimum absolute atomic E-state index is 0.00866. The number of aliphatic hydroxyl groups excluding tert-OH is 1. The summed E-state index contributed by atoms with van der Waals surface area (Å²) < 4.78 is 10.4. The van der Waals surface area contributed by atoms with E-state index in [-0.39, 0.29) is 41.1 Å². The fourth-order valence-corrected chi connectivity index (χ4v) is 10.1. The molecule has 0 aromatic rings. The van der Waals surface area contributed by atoms with E-state index in [0.29, 0.717) is 58.5 Å². The summed E-state index contributed by atoms with van der Waals surface area (Å²) >= 11 is 5.43. The van der Waals surface area contributed by atoms with Gasteiger partial charge in [-0.2, -0.15) is 0 Å². The summed E-state index contributed by atoms with van der Waals surface area (Å²) in [4.78, 5) is 47.7. The molecule has 1 N–H and O–H groups in total. The Morgan fingerprint density at radius 2 is 1.97 bits per heavy atom. The van der Waals surface area contributed by atoms with Crippen LogP contribution in [0, 0.1) is 11.8 Å². The van der Waals surface area contributed by atoms with Crippen LogP contribution < -0.4 is 0 Å². The number of morpholine rings is 1. The number of rotatable bonds is 15. The number of carbonyl (C=O) groups is 3. The SMILES string of the molecule is C=CCCOC(=O)[C@H]1[C@H]2C(=O)N(CCCCCO)C(C(=O)N(CC=C)CCN3CCOCC3)C23CC(Br)[C@@H]1S3. The molecule has 11 heteroatoms. The van der Waals surface area contributed by atoms with Crippen LogP contribution >= 0.6 is 27.7 Å². The quantitative estimate of drug-likeness (QED) is 0.128. The van der Waals surface area contributed by atoms with E-state index >= 15 is 0 Å². The molecule has 1 spiro atoms. The highest BCUT2D eigenvalue weighted by atomic mass is 79.9. The highest BCUT2D eigenvalue weighted by molar-refractivity contribution is 9.09. The van der Waals surface area contributed by atoms with Crippen LogP contribution in [-0.4, -0.2) is 124 Å². The number of alkyl halides is 1. The molecule has 4 heterocycles. The van der Waals surface area contributed by atoms with E-state index in [9.17, 15) is 19.5 Å². The zero-order valence-corrected chi connectivity index (χ0v) is 25.1. The monoisotopic (exact) mass is 627 g/mol. The summed E-state index contributed by atoms with van der Waals surface area (Å²) in [6.07, 6.45) is 6.73. The van der Waals surface area contributed by atoms with Crippen molar-refractivity contribution in [2.24, 2.45) is 11.8 Å². The van der Waals surface area contributed by atoms with Crippen molar-refractivity contribution >= 4 is 45.5 Å². The molecule has 3 unspecified atom stereocenters. The number of amides is 2. The zero-order chi connectivity index (χ0) is 28.0. The van der Waals surface area contributed by atoms with Crippen LogP contribution in [0.25, 0.3) is 0 Å². The molecule has 4 rings (SSSR count). The molecule has 4 saturated heterocycles. The van der Waals surface area contributed by atoms with Crippen LogP contribution in [-0.2, 0) is 23.9 Å². The van der Waals surface area contributed by atoms with Crippen LogP contribution in [0.15, 0.2) is 25.3 Å². The van der Waals surface area contributed by atoms with Crippen molar-refractivity contribution in [3.05, 3.63) is 25.3 Å². The summed E-state index contributed by atoms with van der Waals surface area (Å²) in [5.74, 6) is -1.74. The Hall–Kier alpha value is -1.40. The molecular formula is C28H42BrN3O6S. The highest BCUT2D eigenvalue weighted by Crippen LogP contribution is 2.68. The fraction of sp³-hybridized carbons (Fsp3) is 0.750. The number of unbranched alkanes of at least 4 members (excludes halogenated alkanes) is 2. The van der Waals surface area contributed by atoms with Gasteiger partial charge in [-0.25, -0.2) is 0 Å². The van der Waals surface area contributed by atoms with Gasteiger partial charge in [0.05, 0.1) is 36.4 Å². The fourth-order valence-electron chi connectivity index (χ4n) is 6.54. The van der Waals surface area contributed by atoms with Gasteiger partial charge in [0.2, 0.25) is 11.8 Å². The second-order valence-electron chi connectivity index (χ2n) is 10.8. The zero-order valence-electron chi connectivity index (χ0n) is 22.7. The summed E-state index contributed by atoms with van der Waals surface area (Å²) in [7, 11) is 0. The number of hydrogen-bond donors (Lipinski definition) is 1. The summed E-state index contributed by atoms with van der Waals surface area (Å²) in [6.45, 7) is 13.0. The first-order valence-corrected chi connectivity index (χ1v) is 15.9. The topological polar surface area (TPSA) is 99.6 Å². The Morgan fingerprint density at radius 1 is 1.21 bits per heavy atom. The van der Waals surface area contributed by atoms with Crippen molar-refractivity contribution in [3.8, 4) is 0 Å². The van der Waals surface area contributed by atoms with Crippen molar-refractivity contribution in [2.45, 2.75) is 53.0 Å². The standard InChI is InChI=1S/C28H42BrN3O6S/c1-3-5-16-38-27(36)21-22-25(34)32(10-7-6-8-15-33)24(28(22)19-20(29)23(21)39-28)26(35)31(9-4-2)12-11-30-13-17-37-18-14-30/h3-4,20-24,33H,1-2,5-19H2/t20?,21-,22-,23-,24?,28?/m0/s1. The third-order valence-electron chi connectivity index (χ3n) is 8.37. The first-order valence-electron chi connectivity index (χ1n) is 14.1. The van der Waals surface area contributed by atoms with Crippen molar-refractivity contribution in [1.29, 1.82) is 0 Å². The molecule has 4 fully saturated rings. The summed E-state index contributed by atoms with van der Waals surface area (Å²) in [6, 6.07) is -0.658. The lowest BCUT2D eigenvalue weighted by molar-refractivity contribution is -0.154. The minimum Gasteiger partial charge on any atom is -0.465 e. The van der Waals surface area contributed by atoms with Gasteiger partial charge in [-0.15, -0.1) is 24.9 Å². The maximum Gasteiger partial charge on any atom is 0.310 e. The number of hydrogen-bond acceptors (Lipinski definition) is 8. The molecule has 6 atom stereocenters. The lowest BCUT2D eigenvalue weighted by atomic mass is 9.71. The second-order valence-corrected chi connectivity index (χ2v) is 13.5. The van der Waals surface area contributed by atoms with Gasteiger partial charge in [-0.1, -0.05) is 28.1 Å². The Bertz CT molecular complexity index is 918. The van der Waals surface area contributed by atoms with E-state index in [0.717, 1.165) is 26.1 Å². The Morgan fingerprint density at radius 3 is 2.67 bits per heavy atom. The number of carbonyl (C=O) groups excluding carboxylic acids is 3. The molecule has 218 valence electrons. The van der Waals surface area contributed by atoms with Crippen LogP contribution in [0.3, 0.4) is 0 Å². The Balaban J connectivity index is 1.61. The average Bonchev–Trinajstić information content (AvgIpc) is 3.52. The van der Waals surface area contributed by atoms with E-state index in [1.807, 2.05) is 4.90 Å². The normalized spacial score (nSPS) is 31.8. The summed E-state index contributed by atoms with van der Waals surface area (Å²) in [5.41, 5.74) is 0. The summed E-state index contributed by atoms with van der Waals surface area (Å²) in [5, 5.41) is 9.13. The first-order chi connectivity index (χ1) is 18.9. The number of halogens is 1. The maximum atomic E-state index is 14.4. The van der Waals surface area contributed by atoms with Gasteiger partial charge in [-0.3, -0.25) is 19.3 Å². The van der Waals surface area contributed by atoms with Gasteiger partial charge < -0.3 is 24.4 Å². The third kappa shape index (κ3) is 6.27. The Kier molecular flexibility index (Phi) is 11.0. The molecule has 4 aliphatic heterocycles. The number of esters is 1. The van der Waals surface area contributed by atoms with Crippen molar-refractivity contribution in [3.63, 3.8) is 0 Å². The number of likely N-dealkylation sites (tertiary alicyclic amines) is 1. The molecule has 2 amide bonds. The van der Waals surface area contributed by atoms with Gasteiger partial charge in [0, 0.05) is 56.0 Å². The molecule has 0 radical (unpaired) electrons. The third-order valence-corrected chi connectivity index (χ3v) is 11.6. The molecule has 0 aliphatic carbocycles. The van der Waals surface area contributed by atoms with Crippen molar-refractivity contribution in [2.75, 3.05) is 65.7 Å². The lowest BCUT2D eigenvalue weighted by Crippen LogP contribution is -2.56. The van der Waals surface area contributed by atoms with E-state index in [2.05, 4.69) is 34.0 Å². The van der Waals surface area contributed by atoms with Crippen molar-refractivity contribution in [1.82, 2.24) is 14.7 Å². The van der Waals surface area contributed by atoms with E-state index in [1.54, 1.807) is 28.8 Å². The number of ether oxygens (including phenoxy) is 2. The van der Waals surface area contributed by atoms with Gasteiger partial charge in [-0.05, 0) is 32.1 Å². The van der Waals surface area contributed by atoms with Crippen LogP contribution in [0.5, 0.6) is 0 Å². The minimum atomic E-state index is -0.690. The van der Waals surface area contributed by atoms with Gasteiger partial charge >= 0.3 is 5.97 Å². The van der Waals surface area contributed by atoms with Crippen molar-refractivity contribution < 1.29 is 29.0 Å². The highest BCUT2D eigenvalue weighted by Gasteiger charge is 2.76. The smallest absolute Gasteiger partial charge is 0.310 e. The number of aliphatic hydroxyl groups is 1. The molecule has 0 saturated carbocycles. The predicted octanol–water partition coefficient (Wildman–Crippen LogP) is 2.08. The van der Waals surface area contributed by atoms with Gasteiger partial charge in [0.1, 0.15) is 6.04 Å². The van der Waals surface area contributed by atoms with Crippen LogP contribution in [0.1, 0.15) is 32.1 Å². The Labute approximate surface area is 244 Å². The number of nitrogens with zero attached hydrogens (tertiary/aromatic N) is 3. The number of fused-ring (bicyclic) bond motifs is 1. The first kappa shape index (κ1) is 30.6. The average molecular weight is 629 g/mol. The van der Waals surface area contributed by atoms with Gasteiger partial charge in [0.25, 0.3) is 0 Å². The lowest BCUT2D eigenvalue weighted by Gasteiger charge is -2.38. The largest absolute Gasteiger partial charge is 0.465 e.